The molecule has 12 heteroatoms. The van der Waals surface area contributed by atoms with Crippen LogP contribution in [0.4, 0.5) is 4.79 Å². The number of nitrogens with one attached hydrogen (secondary N) is 2. The smallest absolute Gasteiger partial charge is 0.407 e. The van der Waals surface area contributed by atoms with E-state index >= 15 is 0 Å². The molecule has 0 unspecified atom stereocenters. The van der Waals surface area contributed by atoms with Crippen molar-refractivity contribution in [3.63, 3.8) is 0 Å². The maximum atomic E-state index is 14.3. The number of nitrogens with zero attached hydrogens (tertiary/aromatic N) is 2. The van der Waals surface area contributed by atoms with E-state index in [1.165, 1.54) is 0 Å². The van der Waals surface area contributed by atoms with Crippen LogP contribution in [0.2, 0.25) is 0 Å². The molecular weight excluding hydrogens is 524 g/mol. The molecule has 0 aliphatic carbocycles. The Kier molecular flexibility index (Phi) is 15.1. The van der Waals surface area contributed by atoms with Gasteiger partial charge in [-0.15, -0.1) is 12.4 Å². The number of aldehydes is 1. The first-order valence-corrected chi connectivity index (χ1v) is 13.4. The fourth-order valence-corrected chi connectivity index (χ4v) is 4.82. The maximum Gasteiger partial charge on any atom is 0.407 e. The first-order chi connectivity index (χ1) is 18.3. The number of likely N-dealkylation sites (tertiary alicyclic amines) is 1. The number of hydrogen-bond donors (Lipinski definition) is 4. The summed E-state index contributed by atoms with van der Waals surface area (Å²) in [6, 6.07) is 7.49. The molecule has 2 rings (SSSR count). The first kappa shape index (κ1) is 33.8. The second-order valence-corrected chi connectivity index (χ2v) is 9.44. The number of alkyl carbamates (subject to hydrolysis) is 1. The monoisotopic (exact) mass is 566 g/mol. The van der Waals surface area contributed by atoms with Crippen LogP contribution < -0.4 is 22.1 Å². The van der Waals surface area contributed by atoms with Gasteiger partial charge in [0.2, 0.25) is 5.91 Å². The van der Waals surface area contributed by atoms with E-state index in [9.17, 15) is 19.2 Å². The summed E-state index contributed by atoms with van der Waals surface area (Å²) in [6.07, 6.45) is 3.54. The average Bonchev–Trinajstić information content (AvgIpc) is 3.33. The van der Waals surface area contributed by atoms with Crippen molar-refractivity contribution < 1.29 is 23.9 Å². The third-order valence-electron chi connectivity index (χ3n) is 6.69. The number of ether oxygens (including phenoxy) is 1. The van der Waals surface area contributed by atoms with Crippen LogP contribution in [0.25, 0.3) is 0 Å². The van der Waals surface area contributed by atoms with Crippen molar-refractivity contribution in [3.05, 3.63) is 35.9 Å². The van der Waals surface area contributed by atoms with Gasteiger partial charge in [-0.3, -0.25) is 19.5 Å². The summed E-state index contributed by atoms with van der Waals surface area (Å²) >= 11 is 0. The van der Waals surface area contributed by atoms with Gasteiger partial charge < -0.3 is 31.6 Å². The van der Waals surface area contributed by atoms with Gasteiger partial charge >= 0.3 is 6.09 Å². The predicted molar refractivity (Wildman–Crippen MR) is 153 cm³/mol. The average molecular weight is 567 g/mol. The number of carbonyl (C=O) groups is 4. The normalized spacial score (nSPS) is 18.2. The Bertz CT molecular complexity index is 959. The quantitative estimate of drug-likeness (QED) is 0.0770. The lowest BCUT2D eigenvalue weighted by atomic mass is 9.83. The number of halogens is 1. The zero-order valence-corrected chi connectivity index (χ0v) is 23.7. The van der Waals surface area contributed by atoms with Crippen molar-refractivity contribution in [2.24, 2.45) is 16.5 Å². The third-order valence-corrected chi connectivity index (χ3v) is 6.69. The van der Waals surface area contributed by atoms with Gasteiger partial charge in [-0.25, -0.2) is 4.79 Å². The van der Waals surface area contributed by atoms with Gasteiger partial charge in [-0.1, -0.05) is 43.7 Å². The highest BCUT2D eigenvalue weighted by Crippen LogP contribution is 2.33. The lowest BCUT2D eigenvalue weighted by Crippen LogP contribution is -2.66. The van der Waals surface area contributed by atoms with E-state index < -0.39 is 35.4 Å². The summed E-state index contributed by atoms with van der Waals surface area (Å²) in [6.45, 7) is 5.29. The van der Waals surface area contributed by atoms with Gasteiger partial charge in [0.25, 0.3) is 0 Å². The number of amides is 2. The number of unbranched alkanes of at least 4 members (excludes halogenated alkanes) is 1. The van der Waals surface area contributed by atoms with Gasteiger partial charge in [0.05, 0.1) is 18.7 Å². The topological polar surface area (TPSA) is 169 Å². The zero-order valence-electron chi connectivity index (χ0n) is 22.9. The minimum Gasteiger partial charge on any atom is -0.450 e. The van der Waals surface area contributed by atoms with Gasteiger partial charge in [-0.05, 0) is 64.1 Å². The molecule has 1 aliphatic heterocycles. The second kappa shape index (κ2) is 17.4. The molecule has 0 radical (unpaired) electrons. The van der Waals surface area contributed by atoms with Crippen LogP contribution in [0.15, 0.2) is 35.3 Å². The number of hydrogen-bond acceptors (Lipinski definition) is 7. The highest BCUT2D eigenvalue weighted by molar-refractivity contribution is 6.14. The highest BCUT2D eigenvalue weighted by atomic mass is 35.5. The zero-order chi connectivity index (χ0) is 28.0. The Morgan fingerprint density at radius 2 is 1.87 bits per heavy atom. The van der Waals surface area contributed by atoms with E-state index in [2.05, 4.69) is 15.6 Å². The van der Waals surface area contributed by atoms with Crippen molar-refractivity contribution in [2.45, 2.75) is 76.4 Å². The molecule has 1 aromatic rings. The molecular formula is C27H43ClN6O5. The van der Waals surface area contributed by atoms with E-state index in [1.54, 1.807) is 6.92 Å². The lowest BCUT2D eigenvalue weighted by molar-refractivity contribution is -0.145. The molecule has 1 saturated heterocycles. The molecule has 218 valence electrons. The third kappa shape index (κ3) is 9.81. The van der Waals surface area contributed by atoms with Crippen molar-refractivity contribution in [2.75, 3.05) is 26.2 Å². The van der Waals surface area contributed by atoms with Crippen LogP contribution in [-0.2, 0) is 25.5 Å². The van der Waals surface area contributed by atoms with Gasteiger partial charge in [0.15, 0.2) is 17.3 Å². The molecule has 39 heavy (non-hydrogen) atoms. The van der Waals surface area contributed by atoms with E-state index in [0.29, 0.717) is 45.2 Å². The van der Waals surface area contributed by atoms with E-state index in [4.69, 9.17) is 16.2 Å². The number of nitrogens with two attached hydrogens (primary N) is 2. The summed E-state index contributed by atoms with van der Waals surface area (Å²) in [4.78, 5) is 58.3. The number of carbonyl (C=O) groups excluding carboxylic acids is 4. The van der Waals surface area contributed by atoms with E-state index in [0.717, 1.165) is 18.4 Å². The van der Waals surface area contributed by atoms with Gasteiger partial charge in [0.1, 0.15) is 6.29 Å². The molecule has 1 aromatic carbocycles. The molecule has 1 aliphatic rings. The van der Waals surface area contributed by atoms with Crippen LogP contribution in [0, 0.1) is 0 Å². The first-order valence-electron chi connectivity index (χ1n) is 13.4. The lowest BCUT2D eigenvalue weighted by Gasteiger charge is -2.38. The van der Waals surface area contributed by atoms with Crippen LogP contribution in [0.1, 0.15) is 57.9 Å². The Balaban J connectivity index is 0.00000760. The minimum absolute atomic E-state index is 0. The summed E-state index contributed by atoms with van der Waals surface area (Å²) in [5, 5.41) is 5.49. The van der Waals surface area contributed by atoms with Crippen LogP contribution in [0.3, 0.4) is 0 Å². The molecule has 0 bridgehead atoms. The number of guanidine groups is 1. The molecule has 1 heterocycles. The van der Waals surface area contributed by atoms with Gasteiger partial charge in [-0.2, -0.15) is 0 Å². The van der Waals surface area contributed by atoms with Crippen molar-refractivity contribution >= 4 is 42.4 Å². The molecule has 1 fully saturated rings. The fraction of sp³-hybridized carbons (Fsp3) is 0.593. The summed E-state index contributed by atoms with van der Waals surface area (Å²) in [7, 11) is 0. The number of Topliss-reactive ketones (excluding diaryl/α,β-unsaturated/α-hetero) is 1. The van der Waals surface area contributed by atoms with E-state index in [1.807, 2.05) is 42.2 Å². The Morgan fingerprint density at radius 1 is 1.15 bits per heavy atom. The van der Waals surface area contributed by atoms with Crippen molar-refractivity contribution in [1.29, 1.82) is 0 Å². The Hall–Kier alpha value is -3.18. The maximum absolute atomic E-state index is 14.3. The molecule has 2 amide bonds. The SMILES string of the molecule is CCCCN1CCC[C@]1(C(=O)N[C@H](C=O)CCCN=C(N)N)C(=O)[C@@H](Cc1ccccc1)NC(=O)OCC.Cl. The largest absolute Gasteiger partial charge is 0.450 e. The molecule has 11 nitrogen and oxygen atoms in total. The van der Waals surface area contributed by atoms with Crippen molar-refractivity contribution in [3.8, 4) is 0 Å². The number of ketones is 1. The van der Waals surface area contributed by atoms with Gasteiger partial charge in [0, 0.05) is 6.54 Å². The molecule has 6 N–H and O–H groups in total. The van der Waals surface area contributed by atoms with Crippen LogP contribution in [0.5, 0.6) is 0 Å². The highest BCUT2D eigenvalue weighted by Gasteiger charge is 2.55. The summed E-state index contributed by atoms with van der Waals surface area (Å²) < 4.78 is 5.07. The molecule has 3 atom stereocenters. The predicted octanol–water partition coefficient (Wildman–Crippen LogP) is 1.71. The number of benzene rings is 1. The minimum atomic E-state index is -1.52. The van der Waals surface area contributed by atoms with Crippen molar-refractivity contribution in [1.82, 2.24) is 15.5 Å². The summed E-state index contributed by atoms with van der Waals surface area (Å²) in [5.41, 5.74) is 10.0. The van der Waals surface area contributed by atoms with E-state index in [-0.39, 0.29) is 37.8 Å². The molecule has 0 aromatic heterocycles. The van der Waals surface area contributed by atoms with Crippen LogP contribution >= 0.6 is 12.4 Å². The Labute approximate surface area is 236 Å². The standard InChI is InChI=1S/C27H42N6O5.ClH/c1-3-5-16-33-17-10-14-27(33,24(36)31-21(19-34)13-9-15-30-25(28)29)23(35)22(32-26(37)38-4-2)18-20-11-7-6-8-12-20;/h6-8,11-12,19,21-22H,3-5,9-10,13-18H2,1-2H3,(H,31,36)(H,32,37)(H4,28,29,30);1H/t21-,22+,27+;/m0./s1. The molecule has 0 saturated carbocycles. The molecule has 0 spiro atoms. The fourth-order valence-electron chi connectivity index (χ4n) is 4.82. The number of aliphatic imine (C=N–C) groups is 1. The Morgan fingerprint density at radius 3 is 2.49 bits per heavy atom. The second-order valence-electron chi connectivity index (χ2n) is 9.44. The number of rotatable bonds is 16. The van der Waals surface area contributed by atoms with Crippen LogP contribution in [-0.4, -0.2) is 78.8 Å². The summed E-state index contributed by atoms with van der Waals surface area (Å²) in [5.74, 6) is -0.984.